The summed E-state index contributed by atoms with van der Waals surface area (Å²) in [7, 11) is 0. The molecular weight excluding hydrogens is 614 g/mol. The molecule has 1 atom stereocenters. The van der Waals surface area contributed by atoms with Crippen molar-refractivity contribution in [2.75, 3.05) is 10.6 Å². The number of rotatable bonds is 10. The summed E-state index contributed by atoms with van der Waals surface area (Å²) < 4.78 is 0. The van der Waals surface area contributed by atoms with E-state index in [0.29, 0.717) is 21.8 Å². The molecule has 8 heteroatoms. The van der Waals surface area contributed by atoms with Crippen molar-refractivity contribution in [3.63, 3.8) is 0 Å². The summed E-state index contributed by atoms with van der Waals surface area (Å²) in [5, 5.41) is 8.58. The van der Waals surface area contributed by atoms with Gasteiger partial charge in [-0.2, -0.15) is 0 Å². The zero-order chi connectivity index (χ0) is 32.5. The summed E-state index contributed by atoms with van der Waals surface area (Å²) in [5.41, 5.74) is 5.21. The van der Waals surface area contributed by atoms with Crippen LogP contribution in [0.1, 0.15) is 37.9 Å². The van der Waals surface area contributed by atoms with Gasteiger partial charge in [-0.3, -0.25) is 14.4 Å². The van der Waals surface area contributed by atoms with E-state index in [0.717, 1.165) is 27.3 Å². The van der Waals surface area contributed by atoms with Crippen LogP contribution in [0.2, 0.25) is 5.02 Å². The van der Waals surface area contributed by atoms with Crippen LogP contribution in [0.3, 0.4) is 0 Å². The lowest BCUT2D eigenvalue weighted by molar-refractivity contribution is -0.116. The Bertz CT molecular complexity index is 1870. The summed E-state index contributed by atoms with van der Waals surface area (Å²) in [5.74, 6) is -1.12. The summed E-state index contributed by atoms with van der Waals surface area (Å²) in [6, 6.07) is 38.4. The minimum Gasteiger partial charge on any atom is -0.325 e. The van der Waals surface area contributed by atoms with E-state index in [2.05, 4.69) is 22.0 Å². The minimum atomic E-state index is -0.561. The highest BCUT2D eigenvalue weighted by molar-refractivity contribution is 8.00. The van der Waals surface area contributed by atoms with E-state index in [1.54, 1.807) is 66.7 Å². The van der Waals surface area contributed by atoms with Crippen LogP contribution < -0.4 is 16.0 Å². The highest BCUT2D eigenvalue weighted by Crippen LogP contribution is 2.37. The maximum atomic E-state index is 13.7. The van der Waals surface area contributed by atoms with Gasteiger partial charge in [0.25, 0.3) is 11.8 Å². The Labute approximate surface area is 277 Å². The number of anilines is 2. The lowest BCUT2D eigenvalue weighted by atomic mass is 10.1. The lowest BCUT2D eigenvalue weighted by Crippen LogP contribution is -2.30. The van der Waals surface area contributed by atoms with Crippen molar-refractivity contribution >= 4 is 58.5 Å². The molecule has 0 heterocycles. The number of nitrogens with one attached hydrogen (secondary N) is 3. The van der Waals surface area contributed by atoms with Crippen LogP contribution in [0.4, 0.5) is 11.4 Å². The van der Waals surface area contributed by atoms with Crippen molar-refractivity contribution in [3.8, 4) is 0 Å². The van der Waals surface area contributed by atoms with Crippen LogP contribution in [0.15, 0.2) is 138 Å². The number of hydrogen-bond acceptors (Lipinski definition) is 4. The summed E-state index contributed by atoms with van der Waals surface area (Å²) >= 11 is 7.75. The van der Waals surface area contributed by atoms with Crippen LogP contribution >= 0.6 is 23.4 Å². The number of aryl methyl sites for hydroxylation is 2. The van der Waals surface area contributed by atoms with Gasteiger partial charge in [-0.25, -0.2) is 0 Å². The van der Waals surface area contributed by atoms with E-state index >= 15 is 0 Å². The molecule has 46 heavy (non-hydrogen) atoms. The summed E-state index contributed by atoms with van der Waals surface area (Å²) in [6.07, 6.45) is 1.54. The lowest BCUT2D eigenvalue weighted by Gasteiger charge is -2.18. The van der Waals surface area contributed by atoms with Gasteiger partial charge < -0.3 is 16.0 Å². The Morgan fingerprint density at radius 3 is 2.04 bits per heavy atom. The van der Waals surface area contributed by atoms with Crippen molar-refractivity contribution in [1.29, 1.82) is 0 Å². The highest BCUT2D eigenvalue weighted by atomic mass is 35.5. The Morgan fingerprint density at radius 1 is 0.696 bits per heavy atom. The first kappa shape index (κ1) is 32.3. The topological polar surface area (TPSA) is 87.3 Å². The summed E-state index contributed by atoms with van der Waals surface area (Å²) in [6.45, 7) is 3.99. The molecule has 3 amide bonds. The summed E-state index contributed by atoms with van der Waals surface area (Å²) in [4.78, 5) is 41.1. The Kier molecular flexibility index (Phi) is 10.7. The molecule has 0 saturated carbocycles. The van der Waals surface area contributed by atoms with E-state index in [1.165, 1.54) is 11.8 Å². The molecule has 230 valence electrons. The molecule has 0 radical (unpaired) electrons. The molecule has 1 unspecified atom stereocenters. The van der Waals surface area contributed by atoms with Crippen molar-refractivity contribution in [2.45, 2.75) is 24.0 Å². The number of thioether (sulfide) groups is 1. The quantitative estimate of drug-likeness (QED) is 0.105. The van der Waals surface area contributed by atoms with Gasteiger partial charge in [-0.15, -0.1) is 11.8 Å². The average molecular weight is 646 g/mol. The number of carbonyl (C=O) groups excluding carboxylic acids is 3. The van der Waals surface area contributed by atoms with E-state index in [9.17, 15) is 14.4 Å². The predicted molar refractivity (Wildman–Crippen MR) is 188 cm³/mol. The molecular formula is C38H32ClN3O3S. The maximum Gasteiger partial charge on any atom is 0.272 e. The number of amides is 3. The predicted octanol–water partition coefficient (Wildman–Crippen LogP) is 8.84. The van der Waals surface area contributed by atoms with Crippen molar-refractivity contribution in [1.82, 2.24) is 5.32 Å². The third-order valence-electron chi connectivity index (χ3n) is 6.91. The van der Waals surface area contributed by atoms with Crippen molar-refractivity contribution in [3.05, 3.63) is 166 Å². The third-order valence-corrected chi connectivity index (χ3v) is 8.50. The molecule has 5 aromatic rings. The van der Waals surface area contributed by atoms with Gasteiger partial charge in [0.2, 0.25) is 5.91 Å². The van der Waals surface area contributed by atoms with Gasteiger partial charge in [0, 0.05) is 26.9 Å². The third kappa shape index (κ3) is 8.75. The number of benzene rings is 5. The van der Waals surface area contributed by atoms with Crippen LogP contribution in [-0.4, -0.2) is 17.7 Å². The average Bonchev–Trinajstić information content (AvgIpc) is 3.04. The molecule has 5 aromatic carbocycles. The van der Waals surface area contributed by atoms with Crippen LogP contribution in [0.5, 0.6) is 0 Å². The fourth-order valence-electron chi connectivity index (χ4n) is 4.83. The first-order valence-corrected chi connectivity index (χ1v) is 15.9. The SMILES string of the molecule is Cc1cc(C)cc(NC(=O)C(Sc2cccc(NC(=O)/C(=C\c3ccccc3Cl)NC(=O)c3ccccc3)c2)c2ccccc2)c1. The second kappa shape index (κ2) is 15.3. The molecule has 0 bridgehead atoms. The molecule has 0 aliphatic carbocycles. The molecule has 6 nitrogen and oxygen atoms in total. The smallest absolute Gasteiger partial charge is 0.272 e. The van der Waals surface area contributed by atoms with Gasteiger partial charge in [-0.05, 0) is 90.7 Å². The van der Waals surface area contributed by atoms with E-state index in [-0.39, 0.29) is 11.6 Å². The molecule has 0 aromatic heterocycles. The molecule has 0 saturated heterocycles. The zero-order valence-corrected chi connectivity index (χ0v) is 26.9. The van der Waals surface area contributed by atoms with E-state index in [1.807, 2.05) is 74.5 Å². The molecule has 0 aliphatic heterocycles. The Hall–Kier alpha value is -5.11. The molecule has 0 spiro atoms. The Balaban J connectivity index is 1.38. The van der Waals surface area contributed by atoms with Crippen LogP contribution in [0.25, 0.3) is 6.08 Å². The van der Waals surface area contributed by atoms with Crippen LogP contribution in [-0.2, 0) is 9.59 Å². The van der Waals surface area contributed by atoms with Gasteiger partial charge >= 0.3 is 0 Å². The first-order valence-electron chi connectivity index (χ1n) is 14.6. The minimum absolute atomic E-state index is 0.0231. The van der Waals surface area contributed by atoms with Gasteiger partial charge in [-0.1, -0.05) is 90.5 Å². The number of carbonyl (C=O) groups is 3. The van der Waals surface area contributed by atoms with Gasteiger partial charge in [0.1, 0.15) is 10.9 Å². The van der Waals surface area contributed by atoms with Crippen LogP contribution in [0, 0.1) is 13.8 Å². The van der Waals surface area contributed by atoms with E-state index < -0.39 is 17.1 Å². The molecule has 0 aliphatic rings. The van der Waals surface area contributed by atoms with Gasteiger partial charge in [0.15, 0.2) is 0 Å². The first-order chi connectivity index (χ1) is 22.2. The standard InChI is InChI=1S/C38H32ClN3O3S/c1-25-20-26(2)22-31(21-25)41-38(45)35(27-12-5-3-6-13-27)46-32-18-11-17-30(24-32)40-37(44)34(23-29-16-9-10-19-33(29)39)42-36(43)28-14-7-4-8-15-28/h3-24,35H,1-2H3,(H,40,44)(H,41,45)(H,42,43)/b34-23+. The molecule has 3 N–H and O–H groups in total. The Morgan fingerprint density at radius 2 is 1.35 bits per heavy atom. The second-order valence-electron chi connectivity index (χ2n) is 10.7. The van der Waals surface area contributed by atoms with Crippen molar-refractivity contribution in [2.24, 2.45) is 0 Å². The molecule has 0 fully saturated rings. The number of halogens is 1. The zero-order valence-electron chi connectivity index (χ0n) is 25.3. The second-order valence-corrected chi connectivity index (χ2v) is 12.2. The normalized spacial score (nSPS) is 11.8. The fraction of sp³-hybridized carbons (Fsp3) is 0.0789. The van der Waals surface area contributed by atoms with Crippen molar-refractivity contribution < 1.29 is 14.4 Å². The fourth-order valence-corrected chi connectivity index (χ4v) is 6.10. The molecule has 5 rings (SSSR count). The van der Waals surface area contributed by atoms with Gasteiger partial charge in [0.05, 0.1) is 0 Å². The monoisotopic (exact) mass is 645 g/mol. The maximum absolute atomic E-state index is 13.7. The number of hydrogen-bond donors (Lipinski definition) is 3. The largest absolute Gasteiger partial charge is 0.325 e. The van der Waals surface area contributed by atoms with E-state index in [4.69, 9.17) is 11.6 Å². The highest BCUT2D eigenvalue weighted by Gasteiger charge is 2.23.